The zero-order valence-corrected chi connectivity index (χ0v) is 14.6. The quantitative estimate of drug-likeness (QED) is 0.467. The summed E-state index contributed by atoms with van der Waals surface area (Å²) >= 11 is 0. The summed E-state index contributed by atoms with van der Waals surface area (Å²) < 4.78 is -5.04. The molecule has 97 valence electrons. The van der Waals surface area contributed by atoms with Crippen molar-refractivity contribution in [2.45, 2.75) is 0 Å². The molecular weight excluding hydrogens is 403 g/mol. The minimum absolute atomic E-state index is 0.506. The second-order valence-electron chi connectivity index (χ2n) is 1.96. The van der Waals surface area contributed by atoms with Gasteiger partial charge in [0.25, 0.3) is 0 Å². The summed E-state index contributed by atoms with van der Waals surface area (Å²) in [5.74, 6) is 0. The Bertz CT molecular complexity index is 475. The van der Waals surface area contributed by atoms with Crippen molar-refractivity contribution in [3.05, 3.63) is 0 Å². The summed E-state index contributed by atoms with van der Waals surface area (Å²) in [7, 11) is 3.03. The average Bonchev–Trinajstić information content (AvgIpc) is 2.31. The minimum atomic E-state index is -5.04. The molecule has 0 N–H and O–H groups in total. The van der Waals surface area contributed by atoms with E-state index < -0.39 is 4.01 Å². The monoisotopic (exact) mass is 403 g/mol. The van der Waals surface area contributed by atoms with Gasteiger partial charge in [-0.15, -0.1) is 0 Å². The number of hydrogen-bond donors (Lipinski definition) is 0. The Kier molecular flexibility index (Phi) is 6.67. The van der Waals surface area contributed by atoms with E-state index in [2.05, 4.69) is 0 Å². The van der Waals surface area contributed by atoms with Crippen LogP contribution in [0.1, 0.15) is 0 Å². The standard InChI is InChI=1S/6CHNS.Mn/c6*2-1-3;/h6*3H;/q;;;;;;+6/p-6. The molecule has 0 rings (SSSR count). The van der Waals surface area contributed by atoms with Gasteiger partial charge in [0.1, 0.15) is 0 Å². The first-order valence-electron chi connectivity index (χ1n) is 3.49. The van der Waals surface area contributed by atoms with E-state index in [0.29, 0.717) is 61.1 Å². The molecule has 0 aliphatic rings. The normalized spacial score (nSPS) is 12.9. The molecule has 0 unspecified atom stereocenters. The summed E-state index contributed by atoms with van der Waals surface area (Å²) in [4.78, 5) is 0. The molecule has 0 saturated carbocycles. The van der Waals surface area contributed by atoms with E-state index in [1.807, 2.05) is 0 Å². The molecule has 0 aliphatic carbocycles. The van der Waals surface area contributed by atoms with E-state index in [1.165, 1.54) is 0 Å². The van der Waals surface area contributed by atoms with Gasteiger partial charge in [-0.05, 0) is 0 Å². The van der Waals surface area contributed by atoms with E-state index in [4.69, 9.17) is 31.6 Å². The van der Waals surface area contributed by atoms with Gasteiger partial charge in [-0.3, -0.25) is 0 Å². The number of hydrogen-bond acceptors (Lipinski definition) is 12. The van der Waals surface area contributed by atoms with Crippen LogP contribution in [0.2, 0.25) is 0 Å². The van der Waals surface area contributed by atoms with Crippen LogP contribution in [0.15, 0.2) is 0 Å². The van der Waals surface area contributed by atoms with Gasteiger partial charge < -0.3 is 0 Å². The Balaban J connectivity index is 6.65. The summed E-state index contributed by atoms with van der Waals surface area (Å²) in [5.41, 5.74) is 0. The van der Waals surface area contributed by atoms with Crippen molar-refractivity contribution >= 4 is 61.1 Å². The molecule has 0 heterocycles. The number of thiocyanates is 6. The molecule has 0 aromatic rings. The van der Waals surface area contributed by atoms with Gasteiger partial charge in [0.15, 0.2) is 0 Å². The molecule has 6 nitrogen and oxygen atoms in total. The number of nitrogens with zero attached hydrogens (tertiary/aromatic N) is 6. The average molecular weight is 403 g/mol. The van der Waals surface area contributed by atoms with E-state index in [9.17, 15) is 0 Å². The predicted octanol–water partition coefficient (Wildman–Crippen LogP) is 3.99. The van der Waals surface area contributed by atoms with Gasteiger partial charge in [0.05, 0.1) is 0 Å². The molecule has 13 heteroatoms. The van der Waals surface area contributed by atoms with Crippen LogP contribution in [0, 0.1) is 64.0 Å². The van der Waals surface area contributed by atoms with Crippen molar-refractivity contribution in [1.82, 2.24) is 0 Å². The fourth-order valence-corrected chi connectivity index (χ4v) is 24.4. The first-order valence-corrected chi connectivity index (χ1v) is 16.5. The molecule has 0 aromatic heterocycles. The van der Waals surface area contributed by atoms with Crippen LogP contribution in [-0.2, 0) is 4.01 Å². The Labute approximate surface area is 128 Å². The molecule has 0 amide bonds. The SMILES string of the molecule is N#C[S][Mn]([S]C#N)([S]C#N)([S]C#N)([S]C#N)[S]C#N. The molecule has 0 spiro atoms. The Morgan fingerprint density at radius 1 is 0.421 bits per heavy atom. The van der Waals surface area contributed by atoms with Crippen molar-refractivity contribution in [3.8, 4) is 32.4 Å². The second kappa shape index (κ2) is 6.83. The third kappa shape index (κ3) is 3.36. The zero-order chi connectivity index (χ0) is 14.9. The van der Waals surface area contributed by atoms with Gasteiger partial charge in [-0.1, -0.05) is 0 Å². The Morgan fingerprint density at radius 2 is 0.579 bits per heavy atom. The van der Waals surface area contributed by atoms with Crippen LogP contribution in [0.5, 0.6) is 0 Å². The fourth-order valence-electron chi connectivity index (χ4n) is 0.659. The molecule has 19 heavy (non-hydrogen) atoms. The van der Waals surface area contributed by atoms with Crippen molar-refractivity contribution in [3.63, 3.8) is 0 Å². The van der Waals surface area contributed by atoms with Gasteiger partial charge in [-0.25, -0.2) is 0 Å². The van der Waals surface area contributed by atoms with E-state index >= 15 is 0 Å². The Morgan fingerprint density at radius 3 is 0.684 bits per heavy atom. The second-order valence-corrected chi connectivity index (χ2v) is 42.4. The van der Waals surface area contributed by atoms with E-state index in [-0.39, 0.29) is 0 Å². The number of nitriles is 6. The third-order valence-corrected chi connectivity index (χ3v) is 37.6. The molecule has 0 radical (unpaired) electrons. The van der Waals surface area contributed by atoms with Crippen LogP contribution >= 0.6 is 61.1 Å². The van der Waals surface area contributed by atoms with Crippen molar-refractivity contribution in [1.29, 1.82) is 31.6 Å². The zero-order valence-electron chi connectivity index (χ0n) is 8.51. The molecule has 0 aliphatic heterocycles. The fraction of sp³-hybridized carbons (Fsp3) is 0. The molecule has 0 atom stereocenters. The molecule has 0 bridgehead atoms. The molecule has 0 saturated heterocycles. The first-order chi connectivity index (χ1) is 8.97. The van der Waals surface area contributed by atoms with Crippen molar-refractivity contribution in [2.75, 3.05) is 0 Å². The van der Waals surface area contributed by atoms with E-state index in [1.54, 1.807) is 32.4 Å². The summed E-state index contributed by atoms with van der Waals surface area (Å²) in [6.45, 7) is 0. The van der Waals surface area contributed by atoms with Crippen LogP contribution in [0.4, 0.5) is 0 Å². The topological polar surface area (TPSA) is 143 Å². The third-order valence-electron chi connectivity index (χ3n) is 1.15. The maximum atomic E-state index is 9.00. The Hall–Kier alpha value is -0.441. The van der Waals surface area contributed by atoms with Gasteiger partial charge >= 0.3 is 129 Å². The van der Waals surface area contributed by atoms with Crippen molar-refractivity contribution < 1.29 is 4.01 Å². The first kappa shape index (κ1) is 18.6. The molecule has 0 aromatic carbocycles. The maximum absolute atomic E-state index is 9.00. The van der Waals surface area contributed by atoms with Crippen LogP contribution in [0.3, 0.4) is 0 Å². The van der Waals surface area contributed by atoms with Crippen molar-refractivity contribution in [2.24, 2.45) is 0 Å². The van der Waals surface area contributed by atoms with Crippen LogP contribution < -0.4 is 0 Å². The van der Waals surface area contributed by atoms with Gasteiger partial charge in [-0.2, -0.15) is 0 Å². The molecular formula is C6MnN6S6. The summed E-state index contributed by atoms with van der Waals surface area (Å²) in [6, 6.07) is 0. The molecule has 0 fully saturated rings. The summed E-state index contributed by atoms with van der Waals surface area (Å²) in [6.07, 6.45) is 0. The van der Waals surface area contributed by atoms with Crippen LogP contribution in [0.25, 0.3) is 0 Å². The van der Waals surface area contributed by atoms with Gasteiger partial charge in [0, 0.05) is 0 Å². The predicted molar refractivity (Wildman–Crippen MR) is 79.2 cm³/mol. The summed E-state index contributed by atoms with van der Waals surface area (Å²) in [5, 5.41) is 64.5. The van der Waals surface area contributed by atoms with Gasteiger partial charge in [0.2, 0.25) is 0 Å². The number of rotatable bonds is 6. The van der Waals surface area contributed by atoms with Crippen LogP contribution in [-0.4, -0.2) is 0 Å². The van der Waals surface area contributed by atoms with E-state index in [0.717, 1.165) is 0 Å².